The van der Waals surface area contributed by atoms with Crippen LogP contribution in [0.1, 0.15) is 12.5 Å². The van der Waals surface area contributed by atoms with Crippen molar-refractivity contribution >= 4 is 5.91 Å². The van der Waals surface area contributed by atoms with Crippen molar-refractivity contribution in [1.29, 1.82) is 0 Å². The number of hydrogen-bond donors (Lipinski definition) is 1. The van der Waals surface area contributed by atoms with Gasteiger partial charge in [-0.15, -0.1) is 0 Å². The van der Waals surface area contributed by atoms with Crippen LogP contribution >= 0.6 is 0 Å². The number of methoxy groups -OCH3 is 2. The summed E-state index contributed by atoms with van der Waals surface area (Å²) in [7, 11) is 3.20. The Bertz CT molecular complexity index is 413. The fourth-order valence-corrected chi connectivity index (χ4v) is 1.41. The largest absolute Gasteiger partial charge is 0.497 e. The predicted octanol–water partition coefficient (Wildman–Crippen LogP) is 1.90. The first-order valence-electron chi connectivity index (χ1n) is 5.32. The predicted molar refractivity (Wildman–Crippen MR) is 66.2 cm³/mol. The van der Waals surface area contributed by atoms with Gasteiger partial charge in [0, 0.05) is 12.1 Å². The van der Waals surface area contributed by atoms with Gasteiger partial charge in [0.1, 0.15) is 11.5 Å². The second-order valence-electron chi connectivity index (χ2n) is 3.40. The molecule has 1 aromatic rings. The van der Waals surface area contributed by atoms with Gasteiger partial charge in [-0.3, -0.25) is 4.79 Å². The van der Waals surface area contributed by atoms with E-state index in [9.17, 15) is 4.79 Å². The van der Waals surface area contributed by atoms with Crippen LogP contribution in [0, 0.1) is 0 Å². The van der Waals surface area contributed by atoms with E-state index < -0.39 is 0 Å². The third-order valence-electron chi connectivity index (χ3n) is 2.26. The molecular weight excluding hydrogens is 218 g/mol. The van der Waals surface area contributed by atoms with Gasteiger partial charge in [-0.05, 0) is 31.2 Å². The first-order valence-corrected chi connectivity index (χ1v) is 5.32. The van der Waals surface area contributed by atoms with Crippen LogP contribution in [0.25, 0.3) is 0 Å². The molecule has 0 saturated heterocycles. The van der Waals surface area contributed by atoms with Gasteiger partial charge in [0.2, 0.25) is 5.91 Å². The Kier molecular flexibility index (Phi) is 5.07. The van der Waals surface area contributed by atoms with E-state index in [-0.39, 0.29) is 5.91 Å². The summed E-state index contributed by atoms with van der Waals surface area (Å²) in [4.78, 5) is 11.3. The molecule has 0 aromatic heterocycles. The molecule has 92 valence electrons. The summed E-state index contributed by atoms with van der Waals surface area (Å²) >= 11 is 0. The Morgan fingerprint density at radius 2 is 2.12 bits per heavy atom. The zero-order valence-electron chi connectivity index (χ0n) is 10.3. The number of nitrogens with one attached hydrogen (secondary N) is 1. The van der Waals surface area contributed by atoms with E-state index in [1.807, 2.05) is 18.2 Å². The number of rotatable bonds is 5. The van der Waals surface area contributed by atoms with E-state index in [0.717, 1.165) is 17.1 Å². The molecular formula is C13H17NO3. The maximum absolute atomic E-state index is 11.3. The van der Waals surface area contributed by atoms with Crippen LogP contribution in [0.2, 0.25) is 0 Å². The number of ether oxygens (including phenoxy) is 2. The molecule has 0 aliphatic rings. The minimum Gasteiger partial charge on any atom is -0.497 e. The third-order valence-corrected chi connectivity index (χ3v) is 2.26. The van der Waals surface area contributed by atoms with Crippen molar-refractivity contribution in [3.05, 3.63) is 35.9 Å². The van der Waals surface area contributed by atoms with Crippen LogP contribution in [0.5, 0.6) is 11.5 Å². The highest BCUT2D eigenvalue weighted by molar-refractivity contribution is 5.87. The van der Waals surface area contributed by atoms with Gasteiger partial charge in [-0.2, -0.15) is 0 Å². The van der Waals surface area contributed by atoms with Crippen molar-refractivity contribution in [3.63, 3.8) is 0 Å². The zero-order chi connectivity index (χ0) is 12.7. The topological polar surface area (TPSA) is 47.6 Å². The normalized spacial score (nSPS) is 10.3. The lowest BCUT2D eigenvalue weighted by Gasteiger charge is -2.10. The summed E-state index contributed by atoms with van der Waals surface area (Å²) in [6, 6.07) is 5.47. The molecule has 0 aliphatic heterocycles. The molecule has 0 fully saturated rings. The van der Waals surface area contributed by atoms with E-state index in [1.165, 1.54) is 6.08 Å². The Labute approximate surface area is 101 Å². The molecule has 0 bridgehead atoms. The molecule has 0 radical (unpaired) electrons. The van der Waals surface area contributed by atoms with E-state index in [2.05, 4.69) is 5.32 Å². The second-order valence-corrected chi connectivity index (χ2v) is 3.40. The van der Waals surface area contributed by atoms with Crippen LogP contribution in [-0.2, 0) is 11.3 Å². The van der Waals surface area contributed by atoms with Crippen molar-refractivity contribution in [2.24, 2.45) is 0 Å². The van der Waals surface area contributed by atoms with Crippen molar-refractivity contribution in [2.45, 2.75) is 13.5 Å². The van der Waals surface area contributed by atoms with Gasteiger partial charge >= 0.3 is 0 Å². The highest BCUT2D eigenvalue weighted by atomic mass is 16.5. The number of amides is 1. The van der Waals surface area contributed by atoms with Gasteiger partial charge in [0.15, 0.2) is 0 Å². The van der Waals surface area contributed by atoms with Gasteiger partial charge in [-0.1, -0.05) is 6.08 Å². The van der Waals surface area contributed by atoms with Gasteiger partial charge in [-0.25, -0.2) is 0 Å². The Balaban J connectivity index is 2.77. The van der Waals surface area contributed by atoms with Crippen molar-refractivity contribution in [1.82, 2.24) is 5.32 Å². The SMILES string of the molecule is CC=CC(=O)NCc1cc(OC)ccc1OC. The summed E-state index contributed by atoms with van der Waals surface area (Å²) < 4.78 is 10.3. The molecule has 0 unspecified atom stereocenters. The first-order chi connectivity index (χ1) is 8.21. The average Bonchev–Trinajstić information content (AvgIpc) is 2.36. The van der Waals surface area contributed by atoms with Crippen LogP contribution in [0.4, 0.5) is 0 Å². The molecule has 0 aliphatic carbocycles. The molecule has 0 heterocycles. The minimum absolute atomic E-state index is 0.127. The Hall–Kier alpha value is -1.97. The fraction of sp³-hybridized carbons (Fsp3) is 0.308. The van der Waals surface area contributed by atoms with Crippen LogP contribution in [0.15, 0.2) is 30.4 Å². The quantitative estimate of drug-likeness (QED) is 0.793. The van der Waals surface area contributed by atoms with Crippen molar-refractivity contribution in [3.8, 4) is 11.5 Å². The van der Waals surface area contributed by atoms with E-state index >= 15 is 0 Å². The third kappa shape index (κ3) is 3.83. The molecule has 0 saturated carbocycles. The lowest BCUT2D eigenvalue weighted by Crippen LogP contribution is -2.20. The van der Waals surface area contributed by atoms with Crippen molar-refractivity contribution in [2.75, 3.05) is 14.2 Å². The molecule has 4 heteroatoms. The summed E-state index contributed by atoms with van der Waals surface area (Å²) in [6.45, 7) is 2.20. The smallest absolute Gasteiger partial charge is 0.243 e. The monoisotopic (exact) mass is 235 g/mol. The lowest BCUT2D eigenvalue weighted by molar-refractivity contribution is -0.116. The van der Waals surface area contributed by atoms with Crippen LogP contribution < -0.4 is 14.8 Å². The average molecular weight is 235 g/mol. The minimum atomic E-state index is -0.127. The van der Waals surface area contributed by atoms with Gasteiger partial charge < -0.3 is 14.8 Å². The van der Waals surface area contributed by atoms with Gasteiger partial charge in [0.05, 0.1) is 14.2 Å². The number of allylic oxidation sites excluding steroid dienone is 1. The molecule has 0 spiro atoms. The molecule has 17 heavy (non-hydrogen) atoms. The van der Waals surface area contributed by atoms with E-state index in [0.29, 0.717) is 6.54 Å². The highest BCUT2D eigenvalue weighted by Crippen LogP contribution is 2.23. The maximum Gasteiger partial charge on any atom is 0.243 e. The molecule has 1 rings (SSSR count). The summed E-state index contributed by atoms with van der Waals surface area (Å²) in [5.74, 6) is 1.34. The Morgan fingerprint density at radius 1 is 1.35 bits per heavy atom. The molecule has 1 aromatic carbocycles. The molecule has 1 amide bonds. The highest BCUT2D eigenvalue weighted by Gasteiger charge is 2.05. The fourth-order valence-electron chi connectivity index (χ4n) is 1.41. The lowest BCUT2D eigenvalue weighted by atomic mass is 10.2. The first kappa shape index (κ1) is 13.1. The summed E-state index contributed by atoms with van der Waals surface area (Å²) in [5, 5.41) is 2.76. The standard InChI is InChI=1S/C13H17NO3/c1-4-5-13(15)14-9-10-8-11(16-2)6-7-12(10)17-3/h4-8H,9H2,1-3H3,(H,14,15). The molecule has 0 atom stereocenters. The zero-order valence-corrected chi connectivity index (χ0v) is 10.3. The second kappa shape index (κ2) is 6.58. The van der Waals surface area contributed by atoms with E-state index in [1.54, 1.807) is 27.2 Å². The molecule has 4 nitrogen and oxygen atoms in total. The van der Waals surface area contributed by atoms with Crippen molar-refractivity contribution < 1.29 is 14.3 Å². The number of carbonyl (C=O) groups excluding carboxylic acids is 1. The number of carbonyl (C=O) groups is 1. The molecule has 1 N–H and O–H groups in total. The number of hydrogen-bond acceptors (Lipinski definition) is 3. The van der Waals surface area contributed by atoms with Gasteiger partial charge in [0.25, 0.3) is 0 Å². The van der Waals surface area contributed by atoms with Crippen LogP contribution in [-0.4, -0.2) is 20.1 Å². The summed E-state index contributed by atoms with van der Waals surface area (Å²) in [6.07, 6.45) is 3.17. The van der Waals surface area contributed by atoms with Crippen LogP contribution in [0.3, 0.4) is 0 Å². The van der Waals surface area contributed by atoms with E-state index in [4.69, 9.17) is 9.47 Å². The maximum atomic E-state index is 11.3. The number of benzene rings is 1. The Morgan fingerprint density at radius 3 is 2.71 bits per heavy atom. The summed E-state index contributed by atoms with van der Waals surface area (Å²) in [5.41, 5.74) is 0.879.